The number of anilines is 1. The lowest BCUT2D eigenvalue weighted by Crippen LogP contribution is -2.23. The number of ether oxygens (including phenoxy) is 1. The second-order valence-electron chi connectivity index (χ2n) is 5.48. The van der Waals surface area contributed by atoms with Crippen LogP contribution in [0.1, 0.15) is 28.8 Å². The largest absolute Gasteiger partial charge is 0.457 e. The van der Waals surface area contributed by atoms with Crippen LogP contribution >= 0.6 is 15.9 Å². The van der Waals surface area contributed by atoms with Crippen molar-refractivity contribution in [2.75, 3.05) is 11.4 Å². The third-order valence-corrected chi connectivity index (χ3v) is 4.49. The molecular weight excluding hydrogens is 377 g/mol. The first-order chi connectivity index (χ1) is 11.6. The van der Waals surface area contributed by atoms with Gasteiger partial charge in [-0.05, 0) is 52.7 Å². The summed E-state index contributed by atoms with van der Waals surface area (Å²) in [5, 5.41) is 0. The van der Waals surface area contributed by atoms with Gasteiger partial charge in [0.1, 0.15) is 12.4 Å². The van der Waals surface area contributed by atoms with Crippen molar-refractivity contribution in [2.45, 2.75) is 19.4 Å². The van der Waals surface area contributed by atoms with Crippen LogP contribution in [0.3, 0.4) is 0 Å². The number of esters is 1. The lowest BCUT2D eigenvalue weighted by atomic mass is 10.2. The quantitative estimate of drug-likeness (QED) is 0.737. The first-order valence-corrected chi connectivity index (χ1v) is 8.36. The Bertz CT molecular complexity index is 776. The maximum atomic E-state index is 13.8. The summed E-state index contributed by atoms with van der Waals surface area (Å²) in [6.07, 6.45) is 1.41. The molecule has 1 aliphatic heterocycles. The molecule has 3 rings (SSSR count). The Morgan fingerprint density at radius 2 is 1.96 bits per heavy atom. The summed E-state index contributed by atoms with van der Waals surface area (Å²) in [4.78, 5) is 25.5. The number of hydrogen-bond acceptors (Lipinski definition) is 3. The molecule has 2 aromatic carbocycles. The summed E-state index contributed by atoms with van der Waals surface area (Å²) in [6.45, 7) is 0.557. The van der Waals surface area contributed by atoms with Crippen molar-refractivity contribution >= 4 is 33.5 Å². The minimum atomic E-state index is -0.534. The van der Waals surface area contributed by atoms with Crippen molar-refractivity contribution in [3.8, 4) is 0 Å². The van der Waals surface area contributed by atoms with Gasteiger partial charge >= 0.3 is 5.97 Å². The van der Waals surface area contributed by atoms with E-state index in [4.69, 9.17) is 4.74 Å². The van der Waals surface area contributed by atoms with Crippen molar-refractivity contribution in [3.05, 3.63) is 63.9 Å². The minimum Gasteiger partial charge on any atom is -0.457 e. The average Bonchev–Trinajstić information content (AvgIpc) is 3.02. The zero-order valence-corrected chi connectivity index (χ0v) is 14.4. The predicted octanol–water partition coefficient (Wildman–Crippen LogP) is 4.07. The highest BCUT2D eigenvalue weighted by Crippen LogP contribution is 2.22. The summed E-state index contributed by atoms with van der Waals surface area (Å²) < 4.78 is 19.3. The van der Waals surface area contributed by atoms with E-state index in [2.05, 4.69) is 15.9 Å². The van der Waals surface area contributed by atoms with Gasteiger partial charge in [-0.25, -0.2) is 9.18 Å². The van der Waals surface area contributed by atoms with Crippen LogP contribution in [0.25, 0.3) is 0 Å². The number of carbonyl (C=O) groups is 2. The number of amides is 1. The number of nitrogens with zero attached hydrogens (tertiary/aromatic N) is 1. The zero-order valence-electron chi connectivity index (χ0n) is 12.8. The van der Waals surface area contributed by atoms with E-state index in [-0.39, 0.29) is 12.5 Å². The number of carbonyl (C=O) groups excluding carboxylic acids is 2. The van der Waals surface area contributed by atoms with Gasteiger partial charge in [0.15, 0.2) is 0 Å². The van der Waals surface area contributed by atoms with Gasteiger partial charge in [-0.1, -0.05) is 12.1 Å². The predicted molar refractivity (Wildman–Crippen MR) is 91.2 cm³/mol. The molecule has 0 spiro atoms. The lowest BCUT2D eigenvalue weighted by molar-refractivity contribution is -0.117. The maximum absolute atomic E-state index is 13.8. The molecule has 4 nitrogen and oxygen atoms in total. The molecule has 0 atom stereocenters. The van der Waals surface area contributed by atoms with Crippen LogP contribution in [0.5, 0.6) is 0 Å². The molecule has 2 aromatic rings. The number of hydrogen-bond donors (Lipinski definition) is 0. The van der Waals surface area contributed by atoms with Crippen LogP contribution in [-0.2, 0) is 16.1 Å². The molecule has 0 aromatic heterocycles. The minimum absolute atomic E-state index is 0.0930. The fourth-order valence-electron chi connectivity index (χ4n) is 2.59. The van der Waals surface area contributed by atoms with Crippen LogP contribution in [-0.4, -0.2) is 18.4 Å². The topological polar surface area (TPSA) is 46.6 Å². The second kappa shape index (κ2) is 7.13. The summed E-state index contributed by atoms with van der Waals surface area (Å²) >= 11 is 3.10. The fourth-order valence-corrected chi connectivity index (χ4v) is 2.99. The van der Waals surface area contributed by atoms with Crippen LogP contribution in [0.4, 0.5) is 10.1 Å². The third kappa shape index (κ3) is 3.48. The summed E-state index contributed by atoms with van der Waals surface area (Å²) in [5.41, 5.74) is 1.44. The summed E-state index contributed by atoms with van der Waals surface area (Å²) in [5.74, 6) is -0.877. The van der Waals surface area contributed by atoms with E-state index in [1.54, 1.807) is 47.4 Å². The molecule has 0 bridgehead atoms. The SMILES string of the molecule is O=C(OCc1cccc(Br)c1F)c1ccc(N2CCCC2=O)cc1. The van der Waals surface area contributed by atoms with Crippen molar-refractivity contribution in [2.24, 2.45) is 0 Å². The Morgan fingerprint density at radius 3 is 2.62 bits per heavy atom. The molecule has 6 heteroatoms. The molecule has 0 aliphatic carbocycles. The Morgan fingerprint density at radius 1 is 1.21 bits per heavy atom. The Labute approximate surface area is 147 Å². The fraction of sp³-hybridized carbons (Fsp3) is 0.222. The molecule has 1 saturated heterocycles. The first kappa shape index (κ1) is 16.6. The van der Waals surface area contributed by atoms with Gasteiger partial charge in [0.2, 0.25) is 5.91 Å². The van der Waals surface area contributed by atoms with Crippen LogP contribution in [0, 0.1) is 5.82 Å². The number of halogens is 2. The number of rotatable bonds is 4. The van der Waals surface area contributed by atoms with Crippen molar-refractivity contribution < 1.29 is 18.7 Å². The average molecular weight is 392 g/mol. The second-order valence-corrected chi connectivity index (χ2v) is 6.34. The zero-order chi connectivity index (χ0) is 17.1. The molecule has 1 aliphatic rings. The molecule has 1 heterocycles. The van der Waals surface area contributed by atoms with E-state index in [0.717, 1.165) is 12.1 Å². The molecule has 124 valence electrons. The lowest BCUT2D eigenvalue weighted by Gasteiger charge is -2.15. The molecule has 24 heavy (non-hydrogen) atoms. The monoisotopic (exact) mass is 391 g/mol. The highest BCUT2D eigenvalue weighted by molar-refractivity contribution is 9.10. The highest BCUT2D eigenvalue weighted by Gasteiger charge is 2.21. The van der Waals surface area contributed by atoms with E-state index in [9.17, 15) is 14.0 Å². The summed E-state index contributed by atoms with van der Waals surface area (Å²) in [6, 6.07) is 11.5. The van der Waals surface area contributed by atoms with E-state index < -0.39 is 11.8 Å². The van der Waals surface area contributed by atoms with Gasteiger partial charge < -0.3 is 9.64 Å². The first-order valence-electron chi connectivity index (χ1n) is 7.56. The standard InChI is InChI=1S/C18H15BrFNO3/c19-15-4-1-3-13(17(15)20)11-24-18(23)12-6-8-14(9-7-12)21-10-2-5-16(21)22/h1,3-4,6-9H,2,5,10-11H2. The van der Waals surface area contributed by atoms with Gasteiger partial charge in [-0.2, -0.15) is 0 Å². The van der Waals surface area contributed by atoms with Crippen LogP contribution in [0.2, 0.25) is 0 Å². The van der Waals surface area contributed by atoms with Crippen molar-refractivity contribution in [1.29, 1.82) is 0 Å². The smallest absolute Gasteiger partial charge is 0.338 e. The van der Waals surface area contributed by atoms with Crippen molar-refractivity contribution in [3.63, 3.8) is 0 Å². The Hall–Kier alpha value is -2.21. The Balaban J connectivity index is 1.65. The molecule has 0 unspecified atom stereocenters. The maximum Gasteiger partial charge on any atom is 0.338 e. The molecule has 0 N–H and O–H groups in total. The molecule has 0 saturated carbocycles. The van der Waals surface area contributed by atoms with Gasteiger partial charge in [0.05, 0.1) is 10.0 Å². The van der Waals surface area contributed by atoms with Gasteiger partial charge in [-0.3, -0.25) is 4.79 Å². The normalized spacial score (nSPS) is 14.1. The van der Waals surface area contributed by atoms with Crippen LogP contribution < -0.4 is 4.90 Å². The molecule has 0 radical (unpaired) electrons. The van der Waals surface area contributed by atoms with E-state index >= 15 is 0 Å². The van der Waals surface area contributed by atoms with E-state index in [0.29, 0.717) is 28.6 Å². The van der Waals surface area contributed by atoms with Crippen molar-refractivity contribution in [1.82, 2.24) is 0 Å². The van der Waals surface area contributed by atoms with Gasteiger partial charge in [-0.15, -0.1) is 0 Å². The molecule has 1 amide bonds. The van der Waals surface area contributed by atoms with Gasteiger partial charge in [0.25, 0.3) is 0 Å². The Kier molecular flexibility index (Phi) is 4.94. The van der Waals surface area contributed by atoms with E-state index in [1.807, 2.05) is 0 Å². The van der Waals surface area contributed by atoms with Crippen LogP contribution in [0.15, 0.2) is 46.9 Å². The number of benzene rings is 2. The van der Waals surface area contributed by atoms with Gasteiger partial charge in [0, 0.05) is 24.2 Å². The highest BCUT2D eigenvalue weighted by atomic mass is 79.9. The molecular formula is C18H15BrFNO3. The van der Waals surface area contributed by atoms with E-state index in [1.165, 1.54) is 0 Å². The summed E-state index contributed by atoms with van der Waals surface area (Å²) in [7, 11) is 0. The molecule has 1 fully saturated rings. The third-order valence-electron chi connectivity index (χ3n) is 3.88.